The van der Waals surface area contributed by atoms with E-state index in [0.717, 1.165) is 38.5 Å². The van der Waals surface area contributed by atoms with Crippen molar-refractivity contribution in [3.8, 4) is 0 Å². The molecule has 0 aliphatic heterocycles. The molecule has 0 radical (unpaired) electrons. The second-order valence-corrected chi connectivity index (χ2v) is 4.40. The number of hydrogen-bond donors (Lipinski definition) is 2. The van der Waals surface area contributed by atoms with E-state index in [4.69, 9.17) is 5.11 Å². The Morgan fingerprint density at radius 3 is 1.83 bits per heavy atom. The molecule has 0 aromatic carbocycles. The van der Waals surface area contributed by atoms with Crippen LogP contribution in [0.25, 0.3) is 0 Å². The summed E-state index contributed by atoms with van der Waals surface area (Å²) >= 11 is 0. The van der Waals surface area contributed by atoms with Crippen LogP contribution in [0.4, 0.5) is 0 Å². The minimum Gasteiger partial charge on any atom is -0.516 e. The molecular formula is C10H16O2. The quantitative estimate of drug-likeness (QED) is 0.589. The van der Waals surface area contributed by atoms with Gasteiger partial charge in [0.25, 0.3) is 0 Å². The molecule has 0 unspecified atom stereocenters. The summed E-state index contributed by atoms with van der Waals surface area (Å²) in [7, 11) is 0. The van der Waals surface area contributed by atoms with Crippen LogP contribution in [0.5, 0.6) is 0 Å². The molecule has 0 saturated heterocycles. The molecule has 0 aromatic heterocycles. The van der Waals surface area contributed by atoms with Gasteiger partial charge in [-0.1, -0.05) is 0 Å². The van der Waals surface area contributed by atoms with Crippen molar-refractivity contribution in [2.45, 2.75) is 44.1 Å². The van der Waals surface area contributed by atoms with Gasteiger partial charge in [-0.3, -0.25) is 0 Å². The van der Waals surface area contributed by atoms with Crippen molar-refractivity contribution in [1.29, 1.82) is 0 Å². The molecule has 2 N–H and O–H groups in total. The smallest absolute Gasteiger partial charge is 0.0757 e. The summed E-state index contributed by atoms with van der Waals surface area (Å²) in [6.07, 6.45) is 8.97. The van der Waals surface area contributed by atoms with E-state index >= 15 is 0 Å². The van der Waals surface area contributed by atoms with Gasteiger partial charge >= 0.3 is 0 Å². The standard InChI is InChI=1S/C10H16O2/c11-8-7-9-1-4-10(12,5-2-9)6-3-9/h7-8,11-12H,1-6H2/b8-7+. The number of hydrogen-bond acceptors (Lipinski definition) is 2. The first-order valence-electron chi connectivity index (χ1n) is 4.73. The first kappa shape index (κ1) is 8.11. The van der Waals surface area contributed by atoms with E-state index in [0.29, 0.717) is 0 Å². The first-order chi connectivity index (χ1) is 5.68. The third kappa shape index (κ3) is 1.14. The molecule has 2 bridgehead atoms. The fourth-order valence-corrected chi connectivity index (χ4v) is 2.60. The van der Waals surface area contributed by atoms with Crippen LogP contribution in [-0.2, 0) is 0 Å². The van der Waals surface area contributed by atoms with Gasteiger partial charge in [0.05, 0.1) is 11.9 Å². The van der Waals surface area contributed by atoms with Crippen LogP contribution in [0.3, 0.4) is 0 Å². The molecule has 0 heterocycles. The topological polar surface area (TPSA) is 40.5 Å². The van der Waals surface area contributed by atoms with Crippen LogP contribution in [0.2, 0.25) is 0 Å². The highest BCUT2D eigenvalue weighted by atomic mass is 16.3. The highest BCUT2D eigenvalue weighted by Gasteiger charge is 2.46. The zero-order valence-corrected chi connectivity index (χ0v) is 7.29. The van der Waals surface area contributed by atoms with Crippen LogP contribution in [0.1, 0.15) is 38.5 Å². The maximum Gasteiger partial charge on any atom is 0.0757 e. The Labute approximate surface area is 72.9 Å². The number of aliphatic hydroxyl groups is 2. The summed E-state index contributed by atoms with van der Waals surface area (Å²) in [5.74, 6) is 0. The minimum atomic E-state index is -0.356. The predicted molar refractivity (Wildman–Crippen MR) is 46.9 cm³/mol. The molecular weight excluding hydrogens is 152 g/mol. The Hall–Kier alpha value is -0.500. The number of rotatable bonds is 1. The Kier molecular flexibility index (Phi) is 1.69. The third-order valence-electron chi connectivity index (χ3n) is 3.69. The van der Waals surface area contributed by atoms with E-state index in [2.05, 4.69) is 0 Å². The lowest BCUT2D eigenvalue weighted by Gasteiger charge is -2.49. The van der Waals surface area contributed by atoms with Crippen LogP contribution in [0, 0.1) is 5.41 Å². The van der Waals surface area contributed by atoms with Crippen molar-refractivity contribution < 1.29 is 10.2 Å². The fraction of sp³-hybridized carbons (Fsp3) is 0.800. The second-order valence-electron chi connectivity index (χ2n) is 4.40. The van der Waals surface area contributed by atoms with Crippen molar-refractivity contribution >= 4 is 0 Å². The lowest BCUT2D eigenvalue weighted by Crippen LogP contribution is -2.44. The highest BCUT2D eigenvalue weighted by Crippen LogP contribution is 2.52. The SMILES string of the molecule is O/C=C/C12CCC(O)(CC1)CC2. The van der Waals surface area contributed by atoms with Gasteiger partial charge in [0.15, 0.2) is 0 Å². The maximum absolute atomic E-state index is 9.91. The Morgan fingerprint density at radius 1 is 0.917 bits per heavy atom. The summed E-state index contributed by atoms with van der Waals surface area (Å²) in [6, 6.07) is 0. The Bertz CT molecular complexity index is 183. The summed E-state index contributed by atoms with van der Waals surface area (Å²) < 4.78 is 0. The molecule has 3 rings (SSSR count). The monoisotopic (exact) mass is 168 g/mol. The normalized spacial score (nSPS) is 47.1. The predicted octanol–water partition coefficient (Wildman–Crippen LogP) is 2.14. The van der Waals surface area contributed by atoms with E-state index in [9.17, 15) is 5.11 Å². The van der Waals surface area contributed by atoms with Crippen LogP contribution < -0.4 is 0 Å². The fourth-order valence-electron chi connectivity index (χ4n) is 2.60. The summed E-state index contributed by atoms with van der Waals surface area (Å²) in [6.45, 7) is 0. The zero-order valence-electron chi connectivity index (χ0n) is 7.29. The van der Waals surface area contributed by atoms with Gasteiger partial charge in [-0.05, 0) is 50.0 Å². The van der Waals surface area contributed by atoms with Crippen molar-refractivity contribution in [2.75, 3.05) is 0 Å². The van der Waals surface area contributed by atoms with Gasteiger partial charge in [0, 0.05) is 0 Å². The maximum atomic E-state index is 9.91. The van der Waals surface area contributed by atoms with Gasteiger partial charge in [-0.2, -0.15) is 0 Å². The summed E-state index contributed by atoms with van der Waals surface area (Å²) in [5.41, 5.74) is -0.135. The van der Waals surface area contributed by atoms with Crippen molar-refractivity contribution in [1.82, 2.24) is 0 Å². The van der Waals surface area contributed by atoms with E-state index in [1.54, 1.807) is 0 Å². The molecule has 3 aliphatic rings. The molecule has 0 aromatic rings. The molecule has 3 saturated carbocycles. The van der Waals surface area contributed by atoms with E-state index in [1.807, 2.05) is 6.08 Å². The lowest BCUT2D eigenvalue weighted by molar-refractivity contribution is -0.0763. The highest BCUT2D eigenvalue weighted by molar-refractivity contribution is 5.07. The summed E-state index contributed by atoms with van der Waals surface area (Å²) in [5, 5.41) is 18.7. The van der Waals surface area contributed by atoms with E-state index < -0.39 is 0 Å². The van der Waals surface area contributed by atoms with Gasteiger partial charge in [0.2, 0.25) is 0 Å². The minimum absolute atomic E-state index is 0.221. The Morgan fingerprint density at radius 2 is 1.42 bits per heavy atom. The molecule has 3 fully saturated rings. The molecule has 0 amide bonds. The molecule has 2 heteroatoms. The molecule has 0 atom stereocenters. The summed E-state index contributed by atoms with van der Waals surface area (Å²) in [4.78, 5) is 0. The average Bonchev–Trinajstić information content (AvgIpc) is 2.08. The molecule has 12 heavy (non-hydrogen) atoms. The van der Waals surface area contributed by atoms with Crippen LogP contribution in [0.15, 0.2) is 12.3 Å². The van der Waals surface area contributed by atoms with E-state index in [-0.39, 0.29) is 11.0 Å². The molecule has 3 aliphatic carbocycles. The van der Waals surface area contributed by atoms with Gasteiger partial charge in [-0.15, -0.1) is 0 Å². The number of fused-ring (bicyclic) bond motifs is 3. The van der Waals surface area contributed by atoms with Crippen molar-refractivity contribution in [3.63, 3.8) is 0 Å². The van der Waals surface area contributed by atoms with Gasteiger partial charge < -0.3 is 10.2 Å². The van der Waals surface area contributed by atoms with Gasteiger partial charge in [-0.25, -0.2) is 0 Å². The largest absolute Gasteiger partial charge is 0.516 e. The third-order valence-corrected chi connectivity index (χ3v) is 3.69. The molecule has 2 nitrogen and oxygen atoms in total. The second kappa shape index (κ2) is 2.49. The molecule has 68 valence electrons. The van der Waals surface area contributed by atoms with Crippen LogP contribution >= 0.6 is 0 Å². The zero-order chi connectivity index (χ0) is 8.66. The van der Waals surface area contributed by atoms with E-state index in [1.165, 1.54) is 6.26 Å². The lowest BCUT2D eigenvalue weighted by atomic mass is 9.59. The number of allylic oxidation sites excluding steroid dienone is 1. The average molecular weight is 168 g/mol. The Balaban J connectivity index is 2.14. The van der Waals surface area contributed by atoms with Gasteiger partial charge in [0.1, 0.15) is 0 Å². The van der Waals surface area contributed by atoms with Crippen LogP contribution in [-0.4, -0.2) is 15.8 Å². The molecule has 0 spiro atoms. The van der Waals surface area contributed by atoms with Crippen molar-refractivity contribution in [3.05, 3.63) is 12.3 Å². The number of aliphatic hydroxyl groups excluding tert-OH is 1. The first-order valence-corrected chi connectivity index (χ1v) is 4.73. The van der Waals surface area contributed by atoms with Crippen molar-refractivity contribution in [2.24, 2.45) is 5.41 Å².